The van der Waals surface area contributed by atoms with Crippen molar-refractivity contribution in [3.05, 3.63) is 48.5 Å². The van der Waals surface area contributed by atoms with Gasteiger partial charge in [0.05, 0.1) is 11.7 Å². The van der Waals surface area contributed by atoms with Gasteiger partial charge in [0.2, 0.25) is 5.95 Å². The molecule has 0 aromatic carbocycles. The highest BCUT2D eigenvalue weighted by atomic mass is 16.2. The van der Waals surface area contributed by atoms with E-state index in [1.165, 1.54) is 0 Å². The van der Waals surface area contributed by atoms with Gasteiger partial charge < -0.3 is 15.5 Å². The summed E-state index contributed by atoms with van der Waals surface area (Å²) in [6.45, 7) is 3.55. The quantitative estimate of drug-likeness (QED) is 0.896. The average molecular weight is 326 g/mol. The number of aromatic nitrogens is 3. The summed E-state index contributed by atoms with van der Waals surface area (Å²) in [6, 6.07) is 7.25. The van der Waals surface area contributed by atoms with E-state index in [0.717, 1.165) is 31.6 Å². The molecular formula is C17H22N6O. The van der Waals surface area contributed by atoms with Crippen LogP contribution in [0.25, 0.3) is 0 Å². The zero-order valence-corrected chi connectivity index (χ0v) is 13.7. The lowest BCUT2D eigenvalue weighted by Gasteiger charge is -2.33. The summed E-state index contributed by atoms with van der Waals surface area (Å²) in [5.41, 5.74) is 0.843. The lowest BCUT2D eigenvalue weighted by Crippen LogP contribution is -2.51. The van der Waals surface area contributed by atoms with E-state index < -0.39 is 0 Å². The van der Waals surface area contributed by atoms with Gasteiger partial charge in [-0.3, -0.25) is 4.98 Å². The van der Waals surface area contributed by atoms with E-state index in [-0.39, 0.29) is 18.1 Å². The van der Waals surface area contributed by atoms with Crippen molar-refractivity contribution in [3.8, 4) is 0 Å². The smallest absolute Gasteiger partial charge is 0.315 e. The predicted octanol–water partition coefficient (Wildman–Crippen LogP) is 1.90. The van der Waals surface area contributed by atoms with Crippen molar-refractivity contribution in [2.45, 2.75) is 31.8 Å². The normalized spacial score (nSPS) is 18.7. The number of hydrogen-bond donors (Lipinski definition) is 2. The largest absolute Gasteiger partial charge is 0.339 e. The van der Waals surface area contributed by atoms with Gasteiger partial charge >= 0.3 is 6.03 Å². The molecule has 0 spiro atoms. The molecule has 126 valence electrons. The Morgan fingerprint density at radius 3 is 2.75 bits per heavy atom. The Morgan fingerprint density at radius 2 is 2.00 bits per heavy atom. The van der Waals surface area contributed by atoms with Crippen LogP contribution in [0.3, 0.4) is 0 Å². The maximum absolute atomic E-state index is 12.2. The van der Waals surface area contributed by atoms with Crippen LogP contribution in [0, 0.1) is 0 Å². The molecule has 7 nitrogen and oxygen atoms in total. The van der Waals surface area contributed by atoms with Crippen molar-refractivity contribution in [1.82, 2.24) is 25.6 Å². The summed E-state index contributed by atoms with van der Waals surface area (Å²) in [6.07, 6.45) is 7.15. The Labute approximate surface area is 141 Å². The molecule has 2 amide bonds. The fourth-order valence-electron chi connectivity index (χ4n) is 2.86. The van der Waals surface area contributed by atoms with Gasteiger partial charge in [-0.25, -0.2) is 14.8 Å². The van der Waals surface area contributed by atoms with E-state index in [1.54, 1.807) is 24.7 Å². The van der Waals surface area contributed by atoms with Gasteiger partial charge in [0, 0.05) is 37.7 Å². The first kappa shape index (κ1) is 16.2. The van der Waals surface area contributed by atoms with Crippen molar-refractivity contribution in [2.75, 3.05) is 18.0 Å². The summed E-state index contributed by atoms with van der Waals surface area (Å²) in [4.78, 5) is 27.2. The van der Waals surface area contributed by atoms with Gasteiger partial charge in [-0.15, -0.1) is 0 Å². The second-order valence-electron chi connectivity index (χ2n) is 5.93. The number of nitrogens with one attached hydrogen (secondary N) is 2. The number of carbonyl (C=O) groups is 1. The molecule has 2 aromatic rings. The molecule has 1 aliphatic heterocycles. The van der Waals surface area contributed by atoms with Crippen LogP contribution in [0.1, 0.15) is 31.5 Å². The molecule has 1 saturated heterocycles. The van der Waals surface area contributed by atoms with Crippen molar-refractivity contribution >= 4 is 12.0 Å². The molecule has 0 aliphatic carbocycles. The van der Waals surface area contributed by atoms with E-state index in [0.29, 0.717) is 5.95 Å². The van der Waals surface area contributed by atoms with Gasteiger partial charge in [-0.1, -0.05) is 6.07 Å². The Balaban J connectivity index is 1.53. The van der Waals surface area contributed by atoms with Gasteiger partial charge in [0.25, 0.3) is 0 Å². The van der Waals surface area contributed by atoms with Crippen LogP contribution in [0.4, 0.5) is 10.7 Å². The molecule has 0 saturated carbocycles. The molecule has 3 rings (SSSR count). The third-order valence-corrected chi connectivity index (χ3v) is 4.07. The van der Waals surface area contributed by atoms with E-state index in [4.69, 9.17) is 0 Å². The van der Waals surface area contributed by atoms with E-state index in [1.807, 2.05) is 25.1 Å². The minimum absolute atomic E-state index is 0.0819. The Kier molecular flexibility index (Phi) is 5.20. The van der Waals surface area contributed by atoms with Crippen molar-refractivity contribution in [3.63, 3.8) is 0 Å². The lowest BCUT2D eigenvalue weighted by atomic mass is 10.1. The third kappa shape index (κ3) is 4.18. The van der Waals surface area contributed by atoms with E-state index in [2.05, 4.69) is 30.5 Å². The van der Waals surface area contributed by atoms with Gasteiger partial charge in [0.15, 0.2) is 0 Å². The van der Waals surface area contributed by atoms with Crippen LogP contribution in [-0.2, 0) is 0 Å². The maximum atomic E-state index is 12.2. The monoisotopic (exact) mass is 326 g/mol. The first-order chi connectivity index (χ1) is 11.7. The minimum atomic E-state index is -0.172. The van der Waals surface area contributed by atoms with Crippen molar-refractivity contribution < 1.29 is 4.79 Å². The molecule has 24 heavy (non-hydrogen) atoms. The number of pyridine rings is 1. The summed E-state index contributed by atoms with van der Waals surface area (Å²) in [5.74, 6) is 0.714. The predicted molar refractivity (Wildman–Crippen MR) is 91.6 cm³/mol. The van der Waals surface area contributed by atoms with E-state index in [9.17, 15) is 4.79 Å². The Morgan fingerprint density at radius 1 is 1.21 bits per heavy atom. The number of anilines is 1. The number of nitrogens with zero attached hydrogens (tertiary/aromatic N) is 4. The molecule has 0 radical (unpaired) electrons. The highest BCUT2D eigenvalue weighted by Crippen LogP contribution is 2.15. The molecule has 0 unspecified atom stereocenters. The van der Waals surface area contributed by atoms with Crippen LogP contribution < -0.4 is 15.5 Å². The fourth-order valence-corrected chi connectivity index (χ4v) is 2.86. The van der Waals surface area contributed by atoms with Crippen LogP contribution in [-0.4, -0.2) is 40.1 Å². The number of carbonyl (C=O) groups excluding carboxylic acids is 1. The van der Waals surface area contributed by atoms with Crippen LogP contribution in [0.15, 0.2) is 42.9 Å². The zero-order valence-electron chi connectivity index (χ0n) is 13.7. The first-order valence-electron chi connectivity index (χ1n) is 8.22. The fraction of sp³-hybridized carbons (Fsp3) is 0.412. The first-order valence-corrected chi connectivity index (χ1v) is 8.22. The van der Waals surface area contributed by atoms with Gasteiger partial charge in [-0.2, -0.15) is 0 Å². The standard InChI is InChI=1S/C17H22N6O/c1-13(15-7-2-3-8-18-15)21-17(24)22-14-6-4-11-23(12-14)16-19-9-5-10-20-16/h2-3,5,7-10,13-14H,4,6,11-12H2,1H3,(H2,21,22,24)/t13-,14-/m1/s1. The number of rotatable bonds is 4. The molecule has 3 heterocycles. The molecular weight excluding hydrogens is 304 g/mol. The average Bonchev–Trinajstić information content (AvgIpc) is 2.63. The molecule has 0 bridgehead atoms. The number of urea groups is 1. The maximum Gasteiger partial charge on any atom is 0.315 e. The molecule has 1 aliphatic rings. The van der Waals surface area contributed by atoms with Gasteiger partial charge in [-0.05, 0) is 38.0 Å². The third-order valence-electron chi connectivity index (χ3n) is 4.07. The van der Waals surface area contributed by atoms with Crippen LogP contribution in [0.5, 0.6) is 0 Å². The van der Waals surface area contributed by atoms with E-state index >= 15 is 0 Å². The summed E-state index contributed by atoms with van der Waals surface area (Å²) in [7, 11) is 0. The minimum Gasteiger partial charge on any atom is -0.339 e. The second-order valence-corrected chi connectivity index (χ2v) is 5.93. The highest BCUT2D eigenvalue weighted by Gasteiger charge is 2.23. The summed E-state index contributed by atoms with van der Waals surface area (Å²) in [5, 5.41) is 5.98. The molecule has 7 heteroatoms. The number of amides is 2. The summed E-state index contributed by atoms with van der Waals surface area (Å²) < 4.78 is 0. The Hall–Kier alpha value is -2.70. The Bertz CT molecular complexity index is 651. The molecule has 2 aromatic heterocycles. The van der Waals surface area contributed by atoms with Crippen LogP contribution in [0.2, 0.25) is 0 Å². The van der Waals surface area contributed by atoms with Crippen molar-refractivity contribution in [2.24, 2.45) is 0 Å². The molecule has 1 fully saturated rings. The van der Waals surface area contributed by atoms with Crippen LogP contribution >= 0.6 is 0 Å². The van der Waals surface area contributed by atoms with Crippen molar-refractivity contribution in [1.29, 1.82) is 0 Å². The highest BCUT2D eigenvalue weighted by molar-refractivity contribution is 5.74. The topological polar surface area (TPSA) is 83.0 Å². The SMILES string of the molecule is C[C@@H](NC(=O)N[C@@H]1CCCN(c2ncccn2)C1)c1ccccn1. The second kappa shape index (κ2) is 7.72. The van der Waals surface area contributed by atoms with Gasteiger partial charge in [0.1, 0.15) is 0 Å². The summed E-state index contributed by atoms with van der Waals surface area (Å²) >= 11 is 0. The number of hydrogen-bond acceptors (Lipinski definition) is 5. The zero-order chi connectivity index (χ0) is 16.8. The molecule has 2 N–H and O–H groups in total. The lowest BCUT2D eigenvalue weighted by molar-refractivity contribution is 0.231. The molecule has 2 atom stereocenters. The number of piperidine rings is 1.